The molecule has 0 aliphatic carbocycles. The quantitative estimate of drug-likeness (QED) is 0.295. The van der Waals surface area contributed by atoms with Crippen LogP contribution in [0.15, 0.2) is 36.4 Å². The number of carbonyl (C=O) groups excluding carboxylic acids is 4. The summed E-state index contributed by atoms with van der Waals surface area (Å²) < 4.78 is 86.8. The number of benzene rings is 2. The van der Waals surface area contributed by atoms with E-state index in [1.807, 2.05) is 0 Å². The second-order valence-electron chi connectivity index (χ2n) is 7.65. The van der Waals surface area contributed by atoms with Crippen LogP contribution in [0.4, 0.5) is 26.3 Å². The number of hydrogen-bond donors (Lipinski definition) is 2. The average molecular weight is 532 g/mol. The lowest BCUT2D eigenvalue weighted by Crippen LogP contribution is -2.55. The van der Waals surface area contributed by atoms with E-state index in [1.54, 1.807) is 0 Å². The van der Waals surface area contributed by atoms with Crippen molar-refractivity contribution in [3.05, 3.63) is 69.8 Å². The maximum atomic E-state index is 14.5. The van der Waals surface area contributed by atoms with Gasteiger partial charge in [0.05, 0.1) is 0 Å². The predicted molar refractivity (Wildman–Crippen MR) is 110 cm³/mol. The van der Waals surface area contributed by atoms with Gasteiger partial charge < -0.3 is 10.2 Å². The van der Waals surface area contributed by atoms with Crippen molar-refractivity contribution in [2.75, 3.05) is 0 Å². The lowest BCUT2D eigenvalue weighted by atomic mass is 9.71. The molecule has 0 heterocycles. The number of rotatable bonds is 8. The van der Waals surface area contributed by atoms with Crippen LogP contribution in [0, 0.1) is 0 Å². The number of halogens is 6. The summed E-state index contributed by atoms with van der Waals surface area (Å²) >= 11 is 0. The van der Waals surface area contributed by atoms with Gasteiger partial charge in [-0.1, -0.05) is 12.1 Å². The van der Waals surface area contributed by atoms with E-state index in [2.05, 4.69) is 0 Å². The van der Waals surface area contributed by atoms with Crippen LogP contribution < -0.4 is 0 Å². The smallest absolute Gasteiger partial charge is 0.411 e. The summed E-state index contributed by atoms with van der Waals surface area (Å²) in [4.78, 5) is 69.7. The van der Waals surface area contributed by atoms with Crippen molar-refractivity contribution in [3.63, 3.8) is 0 Å². The van der Waals surface area contributed by atoms with Crippen LogP contribution in [0.1, 0.15) is 66.4 Å². The summed E-state index contributed by atoms with van der Waals surface area (Å²) in [5, 5.41) is 17.8. The molecule has 0 unspecified atom stereocenters. The number of hydrogen-bond acceptors (Lipinski definition) is 6. The Balaban J connectivity index is 3.10. The molecule has 2 aromatic rings. The zero-order valence-corrected chi connectivity index (χ0v) is 18.6. The van der Waals surface area contributed by atoms with Crippen molar-refractivity contribution in [2.45, 2.75) is 31.6 Å². The Morgan fingerprint density at radius 2 is 0.865 bits per heavy atom. The van der Waals surface area contributed by atoms with Gasteiger partial charge in [0.25, 0.3) is 11.6 Å². The molecular formula is C23H14F6O8. The van der Waals surface area contributed by atoms with Gasteiger partial charge in [-0.05, 0) is 49.2 Å². The van der Waals surface area contributed by atoms with Crippen molar-refractivity contribution in [1.82, 2.24) is 0 Å². The number of Topliss-reactive ketones (excluding diaryl/α,β-unsaturated/α-hetero) is 4. The third-order valence-electron chi connectivity index (χ3n) is 5.39. The maximum absolute atomic E-state index is 14.5. The number of ketones is 4. The second-order valence-corrected chi connectivity index (χ2v) is 7.65. The van der Waals surface area contributed by atoms with Crippen molar-refractivity contribution in [1.29, 1.82) is 0 Å². The summed E-state index contributed by atoms with van der Waals surface area (Å²) in [5.41, 5.74) is -12.3. The first-order valence-electron chi connectivity index (χ1n) is 9.78. The Bertz CT molecular complexity index is 1250. The molecule has 0 amide bonds. The fourth-order valence-corrected chi connectivity index (χ4v) is 3.75. The first kappa shape index (κ1) is 28.9. The SMILES string of the molecule is CC(=O)c1cc(C(c2ccc(C(=O)C(=O)O)c(C(C)=O)c2)(C(F)(F)F)C(F)(F)F)ccc1C(=O)C(=O)O. The molecule has 0 aliphatic rings. The normalized spacial score (nSPS) is 12.1. The molecule has 0 atom stereocenters. The molecule has 0 spiro atoms. The lowest BCUT2D eigenvalue weighted by Gasteiger charge is -2.38. The molecule has 2 N–H and O–H groups in total. The lowest BCUT2D eigenvalue weighted by molar-refractivity contribution is -0.288. The van der Waals surface area contributed by atoms with Gasteiger partial charge in [0.15, 0.2) is 11.6 Å². The second kappa shape index (κ2) is 9.59. The van der Waals surface area contributed by atoms with Gasteiger partial charge in [-0.3, -0.25) is 19.2 Å². The highest BCUT2D eigenvalue weighted by atomic mass is 19.4. The van der Waals surface area contributed by atoms with Crippen LogP contribution >= 0.6 is 0 Å². The van der Waals surface area contributed by atoms with E-state index in [9.17, 15) is 55.1 Å². The number of alkyl halides is 6. The van der Waals surface area contributed by atoms with Gasteiger partial charge in [-0.25, -0.2) is 9.59 Å². The Hall–Kier alpha value is -4.36. The Kier molecular flexibility index (Phi) is 7.49. The summed E-state index contributed by atoms with van der Waals surface area (Å²) in [5.74, 6) is -10.2. The van der Waals surface area contributed by atoms with Gasteiger partial charge in [0.1, 0.15) is 0 Å². The van der Waals surface area contributed by atoms with Crippen molar-refractivity contribution in [2.24, 2.45) is 0 Å². The maximum Gasteiger partial charge on any atom is 0.411 e. The molecule has 8 nitrogen and oxygen atoms in total. The first-order chi connectivity index (χ1) is 16.8. The van der Waals surface area contributed by atoms with Gasteiger partial charge in [0.2, 0.25) is 5.41 Å². The summed E-state index contributed by atoms with van der Waals surface area (Å²) in [6, 6.07) is 1.11. The van der Waals surface area contributed by atoms with Crippen molar-refractivity contribution >= 4 is 35.1 Å². The van der Waals surface area contributed by atoms with Crippen LogP contribution in [-0.4, -0.2) is 57.6 Å². The number of carboxylic acids is 2. The van der Waals surface area contributed by atoms with E-state index in [4.69, 9.17) is 10.2 Å². The van der Waals surface area contributed by atoms with Crippen LogP contribution in [0.2, 0.25) is 0 Å². The Morgan fingerprint density at radius 3 is 1.08 bits per heavy atom. The number of aliphatic carboxylic acids is 2. The van der Waals surface area contributed by atoms with E-state index in [1.165, 1.54) is 0 Å². The van der Waals surface area contributed by atoms with E-state index in [0.29, 0.717) is 26.0 Å². The molecule has 2 rings (SSSR count). The zero-order chi connectivity index (χ0) is 28.7. The van der Waals surface area contributed by atoms with Crippen LogP contribution in [0.5, 0.6) is 0 Å². The summed E-state index contributed by atoms with van der Waals surface area (Å²) in [6.45, 7) is 1.36. The molecule has 2 aromatic carbocycles. The molecule has 0 aromatic heterocycles. The summed E-state index contributed by atoms with van der Waals surface area (Å²) in [7, 11) is 0. The Labute approximate surface area is 202 Å². The molecule has 196 valence electrons. The monoisotopic (exact) mass is 532 g/mol. The topological polar surface area (TPSA) is 143 Å². The van der Waals surface area contributed by atoms with E-state index in [-0.39, 0.29) is 24.3 Å². The number of carboxylic acid groups (broad SMARTS) is 2. The number of carbonyl (C=O) groups is 6. The first-order valence-corrected chi connectivity index (χ1v) is 9.78. The third-order valence-corrected chi connectivity index (χ3v) is 5.39. The minimum atomic E-state index is -6.23. The fraction of sp³-hybridized carbons (Fsp3) is 0.217. The summed E-state index contributed by atoms with van der Waals surface area (Å²) in [6.07, 6.45) is -12.5. The van der Waals surface area contributed by atoms with E-state index >= 15 is 0 Å². The molecule has 37 heavy (non-hydrogen) atoms. The van der Waals surface area contributed by atoms with E-state index < -0.39 is 86.2 Å². The van der Waals surface area contributed by atoms with Gasteiger partial charge in [-0.2, -0.15) is 26.3 Å². The molecule has 0 saturated carbocycles. The molecular weight excluding hydrogens is 518 g/mol. The minimum absolute atomic E-state index is 0.0727. The van der Waals surface area contributed by atoms with Crippen LogP contribution in [0.3, 0.4) is 0 Å². The van der Waals surface area contributed by atoms with Gasteiger partial charge in [0, 0.05) is 22.3 Å². The highest BCUT2D eigenvalue weighted by Gasteiger charge is 2.72. The fourth-order valence-electron chi connectivity index (χ4n) is 3.75. The highest BCUT2D eigenvalue weighted by molar-refractivity contribution is 6.41. The standard InChI is InChI=1S/C23H14F6O8/c1-9(30)15-7-11(3-5-13(15)17(32)19(34)35)21(22(24,25)26,23(27,28)29)12-4-6-14(18(33)20(36)37)16(8-12)10(2)31/h3-8H,1-2H3,(H,34,35)(H,36,37). The Morgan fingerprint density at radius 1 is 0.568 bits per heavy atom. The predicted octanol–water partition coefficient (Wildman–Crippen LogP) is 4.04. The van der Waals surface area contributed by atoms with Gasteiger partial charge in [-0.15, -0.1) is 0 Å². The molecule has 0 saturated heterocycles. The van der Waals surface area contributed by atoms with Crippen molar-refractivity contribution < 1.29 is 65.3 Å². The molecule has 0 bridgehead atoms. The van der Waals surface area contributed by atoms with Crippen LogP contribution in [-0.2, 0) is 15.0 Å². The van der Waals surface area contributed by atoms with Gasteiger partial charge >= 0.3 is 24.3 Å². The molecule has 0 radical (unpaired) electrons. The third kappa shape index (κ3) is 4.86. The molecule has 0 aliphatic heterocycles. The molecule has 0 fully saturated rings. The van der Waals surface area contributed by atoms with Crippen LogP contribution in [0.25, 0.3) is 0 Å². The minimum Gasteiger partial charge on any atom is -0.475 e. The van der Waals surface area contributed by atoms with Crippen molar-refractivity contribution in [3.8, 4) is 0 Å². The largest absolute Gasteiger partial charge is 0.475 e. The van der Waals surface area contributed by atoms with E-state index in [0.717, 1.165) is 0 Å². The highest BCUT2D eigenvalue weighted by Crippen LogP contribution is 2.56. The average Bonchev–Trinajstić information content (AvgIpc) is 2.76. The molecule has 14 heteroatoms. The zero-order valence-electron chi connectivity index (χ0n) is 18.6.